The third-order valence-corrected chi connectivity index (χ3v) is 2.97. The van der Waals surface area contributed by atoms with Gasteiger partial charge in [-0.25, -0.2) is 4.98 Å². The van der Waals surface area contributed by atoms with Gasteiger partial charge in [0.05, 0.1) is 23.8 Å². The van der Waals surface area contributed by atoms with E-state index in [9.17, 15) is 10.1 Å². The topological polar surface area (TPSA) is 90.4 Å². The van der Waals surface area contributed by atoms with Gasteiger partial charge in [0, 0.05) is 17.8 Å². The lowest BCUT2D eigenvalue weighted by atomic mass is 10.2. The molecular weight excluding hydrogens is 274 g/mol. The monoisotopic (exact) mass is 291 g/mol. The highest BCUT2D eigenvalue weighted by atomic mass is 16.6. The van der Waals surface area contributed by atoms with Gasteiger partial charge in [0.25, 0.3) is 0 Å². The number of oxazole rings is 1. The number of aromatic nitrogens is 1. The van der Waals surface area contributed by atoms with Gasteiger partial charge < -0.3 is 14.5 Å². The van der Waals surface area contributed by atoms with E-state index in [1.54, 1.807) is 19.1 Å². The van der Waals surface area contributed by atoms with Gasteiger partial charge in [-0.1, -0.05) is 0 Å². The van der Waals surface area contributed by atoms with Gasteiger partial charge in [0.1, 0.15) is 5.76 Å². The van der Waals surface area contributed by atoms with Crippen LogP contribution in [0.4, 0.5) is 11.4 Å². The molecule has 0 amide bonds. The van der Waals surface area contributed by atoms with Crippen LogP contribution in [0.5, 0.6) is 5.75 Å². The van der Waals surface area contributed by atoms with Crippen molar-refractivity contribution in [1.29, 1.82) is 0 Å². The van der Waals surface area contributed by atoms with E-state index in [1.807, 2.05) is 13.8 Å². The molecule has 0 unspecified atom stereocenters. The zero-order valence-electron chi connectivity index (χ0n) is 12.2. The average Bonchev–Trinajstić information content (AvgIpc) is 2.76. The predicted octanol–water partition coefficient (Wildman–Crippen LogP) is 3.21. The van der Waals surface area contributed by atoms with Crippen LogP contribution in [0, 0.1) is 24.0 Å². The van der Waals surface area contributed by atoms with E-state index in [1.165, 1.54) is 6.07 Å². The smallest absolute Gasteiger partial charge is 0.311 e. The van der Waals surface area contributed by atoms with Crippen LogP contribution in [-0.4, -0.2) is 16.5 Å². The second-order valence-corrected chi connectivity index (χ2v) is 4.48. The number of aryl methyl sites for hydroxylation is 2. The Morgan fingerprint density at radius 1 is 1.43 bits per heavy atom. The van der Waals surface area contributed by atoms with Gasteiger partial charge in [-0.2, -0.15) is 0 Å². The molecule has 112 valence electrons. The molecule has 0 aliphatic carbocycles. The summed E-state index contributed by atoms with van der Waals surface area (Å²) < 4.78 is 10.8. The Bertz CT molecular complexity index is 632. The van der Waals surface area contributed by atoms with Gasteiger partial charge in [-0.05, 0) is 26.8 Å². The van der Waals surface area contributed by atoms with E-state index in [4.69, 9.17) is 9.15 Å². The van der Waals surface area contributed by atoms with Crippen LogP contribution in [0.2, 0.25) is 0 Å². The standard InChI is InChI=1S/C14H17N3O4/c1-4-20-13-7-11(5-6-12(13)17(18)19)15-8-14-16-9(2)10(3)21-14/h5-7,15H,4,8H2,1-3H3. The maximum absolute atomic E-state index is 10.9. The van der Waals surface area contributed by atoms with Crippen molar-refractivity contribution in [3.05, 3.63) is 45.7 Å². The van der Waals surface area contributed by atoms with Gasteiger partial charge in [-0.3, -0.25) is 10.1 Å². The van der Waals surface area contributed by atoms with E-state index in [0.29, 0.717) is 24.7 Å². The number of ether oxygens (including phenoxy) is 1. The Balaban J connectivity index is 2.13. The minimum Gasteiger partial charge on any atom is -0.487 e. The highest BCUT2D eigenvalue weighted by molar-refractivity contribution is 5.57. The van der Waals surface area contributed by atoms with Crippen LogP contribution in [0.15, 0.2) is 22.6 Å². The molecule has 1 aromatic carbocycles. The minimum atomic E-state index is -0.463. The number of rotatable bonds is 6. The Kier molecular flexibility index (Phi) is 4.42. The molecule has 0 atom stereocenters. The van der Waals surface area contributed by atoms with E-state index in [2.05, 4.69) is 10.3 Å². The highest BCUT2D eigenvalue weighted by Gasteiger charge is 2.15. The van der Waals surface area contributed by atoms with Crippen LogP contribution in [0.1, 0.15) is 24.3 Å². The molecule has 2 rings (SSSR count). The zero-order chi connectivity index (χ0) is 15.4. The Hall–Kier alpha value is -2.57. The van der Waals surface area contributed by atoms with Crippen LogP contribution < -0.4 is 10.1 Å². The fourth-order valence-corrected chi connectivity index (χ4v) is 1.84. The van der Waals surface area contributed by atoms with Crippen molar-refractivity contribution in [3.63, 3.8) is 0 Å². The third kappa shape index (κ3) is 3.50. The Morgan fingerprint density at radius 2 is 2.19 bits per heavy atom. The minimum absolute atomic E-state index is 0.0507. The molecule has 21 heavy (non-hydrogen) atoms. The van der Waals surface area contributed by atoms with Crippen molar-refractivity contribution in [1.82, 2.24) is 4.98 Å². The molecule has 1 heterocycles. The maximum Gasteiger partial charge on any atom is 0.311 e. The number of nitro benzene ring substituents is 1. The first-order valence-corrected chi connectivity index (χ1v) is 6.59. The lowest BCUT2D eigenvalue weighted by Gasteiger charge is -2.08. The molecule has 0 fully saturated rings. The van der Waals surface area contributed by atoms with Crippen molar-refractivity contribution >= 4 is 11.4 Å². The average molecular weight is 291 g/mol. The normalized spacial score (nSPS) is 10.4. The number of nitrogens with zero attached hydrogens (tertiary/aromatic N) is 2. The molecule has 0 aliphatic heterocycles. The van der Waals surface area contributed by atoms with Crippen LogP contribution in [0.25, 0.3) is 0 Å². The van der Waals surface area contributed by atoms with Crippen molar-refractivity contribution in [2.75, 3.05) is 11.9 Å². The number of benzene rings is 1. The summed E-state index contributed by atoms with van der Waals surface area (Å²) in [5, 5.41) is 14.0. The van der Waals surface area contributed by atoms with Crippen molar-refractivity contribution < 1.29 is 14.1 Å². The summed E-state index contributed by atoms with van der Waals surface area (Å²) >= 11 is 0. The third-order valence-electron chi connectivity index (χ3n) is 2.97. The number of nitrogens with one attached hydrogen (secondary N) is 1. The second-order valence-electron chi connectivity index (χ2n) is 4.48. The Labute approximate surface area is 122 Å². The molecule has 1 aromatic heterocycles. The molecule has 1 N–H and O–H groups in total. The van der Waals surface area contributed by atoms with Crippen molar-refractivity contribution in [2.45, 2.75) is 27.3 Å². The number of hydrogen-bond acceptors (Lipinski definition) is 6. The summed E-state index contributed by atoms with van der Waals surface area (Å²) in [6.07, 6.45) is 0. The molecular formula is C14H17N3O4. The molecule has 0 saturated carbocycles. The van der Waals surface area contributed by atoms with E-state index >= 15 is 0 Å². The van der Waals surface area contributed by atoms with Crippen molar-refractivity contribution in [3.8, 4) is 5.75 Å². The van der Waals surface area contributed by atoms with Crippen LogP contribution in [0.3, 0.4) is 0 Å². The SMILES string of the molecule is CCOc1cc(NCc2nc(C)c(C)o2)ccc1[N+](=O)[O-]. The Morgan fingerprint density at radius 3 is 2.76 bits per heavy atom. The molecule has 0 bridgehead atoms. The molecule has 0 radical (unpaired) electrons. The van der Waals surface area contributed by atoms with E-state index < -0.39 is 4.92 Å². The van der Waals surface area contributed by atoms with Crippen LogP contribution in [-0.2, 0) is 6.54 Å². The summed E-state index contributed by atoms with van der Waals surface area (Å²) in [6.45, 7) is 6.27. The maximum atomic E-state index is 10.9. The predicted molar refractivity (Wildman–Crippen MR) is 77.6 cm³/mol. The highest BCUT2D eigenvalue weighted by Crippen LogP contribution is 2.30. The number of anilines is 1. The molecule has 2 aromatic rings. The van der Waals surface area contributed by atoms with E-state index in [0.717, 1.165) is 11.5 Å². The van der Waals surface area contributed by atoms with E-state index in [-0.39, 0.29) is 11.4 Å². The summed E-state index contributed by atoms with van der Waals surface area (Å²) in [4.78, 5) is 14.7. The van der Waals surface area contributed by atoms with Gasteiger partial charge >= 0.3 is 5.69 Å². The first kappa shape index (κ1) is 14.8. The van der Waals surface area contributed by atoms with Gasteiger partial charge in [0.2, 0.25) is 5.89 Å². The summed E-state index contributed by atoms with van der Waals surface area (Å²) in [5.41, 5.74) is 1.51. The quantitative estimate of drug-likeness (QED) is 0.649. The fraction of sp³-hybridized carbons (Fsp3) is 0.357. The fourth-order valence-electron chi connectivity index (χ4n) is 1.84. The van der Waals surface area contributed by atoms with Gasteiger partial charge in [0.15, 0.2) is 5.75 Å². The van der Waals surface area contributed by atoms with Gasteiger partial charge in [-0.15, -0.1) is 0 Å². The van der Waals surface area contributed by atoms with Crippen molar-refractivity contribution in [2.24, 2.45) is 0 Å². The summed E-state index contributed by atoms with van der Waals surface area (Å²) in [6, 6.07) is 4.65. The molecule has 7 heteroatoms. The number of hydrogen-bond donors (Lipinski definition) is 1. The van der Waals surface area contributed by atoms with Crippen LogP contribution >= 0.6 is 0 Å². The summed E-state index contributed by atoms with van der Waals surface area (Å²) in [7, 11) is 0. The first-order chi connectivity index (χ1) is 10.0. The molecule has 0 aliphatic rings. The number of nitro groups is 1. The largest absolute Gasteiger partial charge is 0.487 e. The first-order valence-electron chi connectivity index (χ1n) is 6.59. The zero-order valence-corrected chi connectivity index (χ0v) is 12.2. The lowest BCUT2D eigenvalue weighted by molar-refractivity contribution is -0.385. The molecule has 7 nitrogen and oxygen atoms in total. The molecule has 0 spiro atoms. The lowest BCUT2D eigenvalue weighted by Crippen LogP contribution is -2.02. The summed E-state index contributed by atoms with van der Waals surface area (Å²) in [5.74, 6) is 1.60. The second kappa shape index (κ2) is 6.25. The molecule has 0 saturated heterocycles.